The minimum absolute atomic E-state index is 0.0187. The fourth-order valence-electron chi connectivity index (χ4n) is 5.21. The molecule has 262 valence electrons. The van der Waals surface area contributed by atoms with Crippen molar-refractivity contribution in [3.05, 3.63) is 76.6 Å². The van der Waals surface area contributed by atoms with Gasteiger partial charge in [-0.1, -0.05) is 26.8 Å². The summed E-state index contributed by atoms with van der Waals surface area (Å²) < 4.78 is 98.8. The lowest BCUT2D eigenvalue weighted by Gasteiger charge is -2.36. The molecule has 0 fully saturated rings. The van der Waals surface area contributed by atoms with Gasteiger partial charge >= 0.3 is 6.18 Å². The van der Waals surface area contributed by atoms with Crippen molar-refractivity contribution < 1.29 is 44.7 Å². The number of nitrogens with zero attached hydrogens (tertiary/aromatic N) is 1. The van der Waals surface area contributed by atoms with Crippen LogP contribution in [0.2, 0.25) is 18.1 Å². The van der Waals surface area contributed by atoms with Gasteiger partial charge in [0.25, 0.3) is 5.91 Å². The molecule has 1 aliphatic heterocycles. The Morgan fingerprint density at radius 2 is 1.73 bits per heavy atom. The van der Waals surface area contributed by atoms with Crippen LogP contribution in [0.25, 0.3) is 0 Å². The molecule has 1 atom stereocenters. The number of carbonyl (C=O) groups excluding carboxylic acids is 1. The maximum atomic E-state index is 14.7. The van der Waals surface area contributed by atoms with Gasteiger partial charge in [0, 0.05) is 41.9 Å². The Morgan fingerprint density at radius 1 is 1.04 bits per heavy atom. The van der Waals surface area contributed by atoms with Crippen molar-refractivity contribution >= 4 is 35.4 Å². The fourth-order valence-corrected chi connectivity index (χ4v) is 6.91. The third-order valence-electron chi connectivity index (χ3n) is 8.89. The number of fused-ring (bicyclic) bond motifs is 1. The summed E-state index contributed by atoms with van der Waals surface area (Å²) in [5.41, 5.74) is 0.233. The molecule has 0 spiro atoms. The van der Waals surface area contributed by atoms with E-state index in [4.69, 9.17) is 13.9 Å². The minimum Gasteiger partial charge on any atom is -0.497 e. The van der Waals surface area contributed by atoms with Crippen LogP contribution in [0.3, 0.4) is 0 Å². The third kappa shape index (κ3) is 8.32. The third-order valence-corrected chi connectivity index (χ3v) is 14.5. The summed E-state index contributed by atoms with van der Waals surface area (Å²) >= 11 is 0. The Kier molecular flexibility index (Phi) is 10.6. The Hall–Kier alpha value is -3.62. The van der Waals surface area contributed by atoms with Crippen molar-refractivity contribution in [1.29, 1.82) is 0 Å². The highest BCUT2D eigenvalue weighted by Crippen LogP contribution is 2.41. The maximum Gasteiger partial charge on any atom is 0.416 e. The van der Waals surface area contributed by atoms with Crippen molar-refractivity contribution in [2.45, 2.75) is 69.4 Å². The zero-order valence-electron chi connectivity index (χ0n) is 28.3. The fraction of sp³-hybridized carbons (Fsp3) is 0.441. The molecule has 0 radical (unpaired) electrons. The number of halogens is 4. The molecular formula is C34H42F4N2O6SSi. The average Bonchev–Trinajstić information content (AvgIpc) is 3.38. The van der Waals surface area contributed by atoms with E-state index in [1.807, 2.05) is 0 Å². The second-order valence-corrected chi connectivity index (χ2v) is 20.2. The number of sulfone groups is 1. The van der Waals surface area contributed by atoms with Crippen LogP contribution in [0.4, 0.5) is 28.9 Å². The molecule has 1 aliphatic rings. The average molecular weight is 711 g/mol. The first-order chi connectivity index (χ1) is 22.1. The molecule has 1 N–H and O–H groups in total. The lowest BCUT2D eigenvalue weighted by Crippen LogP contribution is -2.41. The van der Waals surface area contributed by atoms with Crippen LogP contribution in [0.1, 0.15) is 49.1 Å². The van der Waals surface area contributed by atoms with Gasteiger partial charge in [-0.25, -0.2) is 12.8 Å². The molecule has 3 aromatic rings. The number of hydrogen-bond acceptors (Lipinski definition) is 7. The van der Waals surface area contributed by atoms with E-state index in [0.29, 0.717) is 12.0 Å². The van der Waals surface area contributed by atoms with Gasteiger partial charge in [0.05, 0.1) is 24.2 Å². The van der Waals surface area contributed by atoms with E-state index >= 15 is 0 Å². The molecule has 8 nitrogen and oxygen atoms in total. The van der Waals surface area contributed by atoms with Crippen LogP contribution in [0.5, 0.6) is 11.5 Å². The van der Waals surface area contributed by atoms with Gasteiger partial charge in [-0.15, -0.1) is 0 Å². The predicted molar refractivity (Wildman–Crippen MR) is 180 cm³/mol. The largest absolute Gasteiger partial charge is 0.497 e. The number of amides is 1. The highest BCUT2D eigenvalue weighted by atomic mass is 32.2. The summed E-state index contributed by atoms with van der Waals surface area (Å²) in [6.07, 6.45) is -3.30. The molecule has 48 heavy (non-hydrogen) atoms. The number of aryl methyl sites for hydroxylation is 1. The lowest BCUT2D eigenvalue weighted by molar-refractivity contribution is -0.138. The standard InChI is InChI=1S/C34H42F4N2O6SSi/c1-21-15-22-11-12-40(29(22)20-28(21)34(36,37)38)32(41)31(39-24-17-25(44-5)19-26(18-24)47(6,42)43)27-10-9-23(35)16-30(27)45-13-14-46-48(7,8)33(2,3)4/h9-10,15-20,31,39H,11-14H2,1-8H3. The van der Waals surface area contributed by atoms with Crippen LogP contribution in [-0.2, 0) is 31.7 Å². The zero-order chi connectivity index (χ0) is 35.8. The van der Waals surface area contributed by atoms with E-state index in [1.54, 1.807) is 0 Å². The number of alkyl halides is 3. The van der Waals surface area contributed by atoms with Gasteiger partial charge < -0.3 is 24.1 Å². The van der Waals surface area contributed by atoms with Gasteiger partial charge in [-0.3, -0.25) is 4.79 Å². The Bertz CT molecular complexity index is 1790. The summed E-state index contributed by atoms with van der Waals surface area (Å²) in [6.45, 7) is 12.1. The number of hydrogen-bond donors (Lipinski definition) is 1. The topological polar surface area (TPSA) is 94.2 Å². The van der Waals surface area contributed by atoms with Gasteiger partial charge in [-0.2, -0.15) is 13.2 Å². The predicted octanol–water partition coefficient (Wildman–Crippen LogP) is 7.71. The van der Waals surface area contributed by atoms with Crippen LogP contribution in [0.15, 0.2) is 53.4 Å². The van der Waals surface area contributed by atoms with E-state index in [9.17, 15) is 30.8 Å². The number of ether oxygens (including phenoxy) is 2. The highest BCUT2D eigenvalue weighted by Gasteiger charge is 2.39. The normalized spacial score (nSPS) is 14.5. The number of benzene rings is 3. The second kappa shape index (κ2) is 13.7. The van der Waals surface area contributed by atoms with E-state index < -0.39 is 47.7 Å². The summed E-state index contributed by atoms with van der Waals surface area (Å²) in [5, 5.41) is 3.00. The van der Waals surface area contributed by atoms with Gasteiger partial charge in [0.2, 0.25) is 0 Å². The molecule has 0 aliphatic carbocycles. The summed E-state index contributed by atoms with van der Waals surface area (Å²) in [6, 6.07) is 8.82. The van der Waals surface area contributed by atoms with Crippen molar-refractivity contribution in [3.8, 4) is 11.5 Å². The summed E-state index contributed by atoms with van der Waals surface area (Å²) in [5.74, 6) is -1.08. The summed E-state index contributed by atoms with van der Waals surface area (Å²) in [7, 11) is -4.49. The number of nitrogens with one attached hydrogen (secondary N) is 1. The van der Waals surface area contributed by atoms with E-state index in [2.05, 4.69) is 39.2 Å². The highest BCUT2D eigenvalue weighted by molar-refractivity contribution is 7.90. The number of methoxy groups -OCH3 is 1. The Labute approximate surface area is 280 Å². The molecule has 1 heterocycles. The van der Waals surface area contributed by atoms with Gasteiger partial charge in [-0.05, 0) is 72.9 Å². The molecule has 3 aromatic carbocycles. The molecule has 0 bridgehead atoms. The van der Waals surface area contributed by atoms with Crippen LogP contribution < -0.4 is 19.7 Å². The summed E-state index contributed by atoms with van der Waals surface area (Å²) in [4.78, 5) is 15.6. The molecule has 1 unspecified atom stereocenters. The molecule has 0 aromatic heterocycles. The molecular weight excluding hydrogens is 669 g/mol. The number of rotatable bonds is 11. The van der Waals surface area contributed by atoms with E-state index in [-0.39, 0.29) is 63.7 Å². The van der Waals surface area contributed by atoms with Crippen molar-refractivity contribution in [2.24, 2.45) is 0 Å². The van der Waals surface area contributed by atoms with E-state index in [1.165, 1.54) is 49.3 Å². The minimum atomic E-state index is -4.64. The van der Waals surface area contributed by atoms with Gasteiger partial charge in [0.1, 0.15) is 30.0 Å². The molecule has 4 rings (SSSR count). The first-order valence-corrected chi connectivity index (χ1v) is 20.2. The van der Waals surface area contributed by atoms with Crippen LogP contribution in [0, 0.1) is 12.7 Å². The molecule has 0 saturated carbocycles. The SMILES string of the molecule is COc1cc(NC(C(=O)N2CCc3cc(C)c(C(F)(F)F)cc32)c2ccc(F)cc2OCCO[Si](C)(C)C(C)(C)C)cc(S(C)(=O)=O)c1. The lowest BCUT2D eigenvalue weighted by atomic mass is 10.0. The smallest absolute Gasteiger partial charge is 0.416 e. The molecule has 1 amide bonds. The molecule has 14 heteroatoms. The number of anilines is 2. The monoisotopic (exact) mass is 710 g/mol. The Morgan fingerprint density at radius 3 is 2.33 bits per heavy atom. The molecule has 0 saturated heterocycles. The first kappa shape index (κ1) is 37.2. The van der Waals surface area contributed by atoms with Crippen molar-refractivity contribution in [3.63, 3.8) is 0 Å². The van der Waals surface area contributed by atoms with E-state index in [0.717, 1.165) is 24.5 Å². The number of carbonyl (C=O) groups is 1. The second-order valence-electron chi connectivity index (χ2n) is 13.4. The van der Waals surface area contributed by atoms with Gasteiger partial charge in [0.15, 0.2) is 18.2 Å². The quantitative estimate of drug-likeness (QED) is 0.124. The van der Waals surface area contributed by atoms with Crippen molar-refractivity contribution in [1.82, 2.24) is 0 Å². The zero-order valence-corrected chi connectivity index (χ0v) is 30.2. The van der Waals surface area contributed by atoms with Crippen LogP contribution in [-0.4, -0.2) is 55.8 Å². The Balaban J connectivity index is 1.78. The van der Waals surface area contributed by atoms with Crippen molar-refractivity contribution in [2.75, 3.05) is 43.3 Å². The first-order valence-electron chi connectivity index (χ1n) is 15.4. The van der Waals surface area contributed by atoms with Crippen LogP contribution >= 0.6 is 0 Å². The maximum absolute atomic E-state index is 14.7.